The number of hydrogen-bond acceptors (Lipinski definition) is 4. The fourth-order valence-electron chi connectivity index (χ4n) is 2.50. The third-order valence-electron chi connectivity index (χ3n) is 3.51. The van der Waals surface area contributed by atoms with Gasteiger partial charge in [0.05, 0.1) is 18.3 Å². The first-order valence-corrected chi connectivity index (χ1v) is 6.11. The van der Waals surface area contributed by atoms with E-state index in [4.69, 9.17) is 0 Å². The average Bonchev–Trinajstić information content (AvgIpc) is 2.66. The Kier molecular flexibility index (Phi) is 4.10. The highest BCUT2D eigenvalue weighted by molar-refractivity contribution is 5.11. The Balaban J connectivity index is 1.82. The van der Waals surface area contributed by atoms with E-state index in [1.807, 2.05) is 6.07 Å². The van der Waals surface area contributed by atoms with Gasteiger partial charge in [0.25, 0.3) is 0 Å². The van der Waals surface area contributed by atoms with E-state index in [9.17, 15) is 15.3 Å². The highest BCUT2D eigenvalue weighted by Gasteiger charge is 2.31. The molecule has 0 aromatic carbocycles. The number of nitrogens with zero attached hydrogens (tertiary/aromatic N) is 1. The molecule has 0 radical (unpaired) electrons. The molecule has 0 bridgehead atoms. The highest BCUT2D eigenvalue weighted by atomic mass is 16.3. The number of pyridine rings is 1. The van der Waals surface area contributed by atoms with E-state index in [-0.39, 0.29) is 12.0 Å². The Morgan fingerprint density at radius 2 is 2.18 bits per heavy atom. The van der Waals surface area contributed by atoms with Crippen LogP contribution in [0.4, 0.5) is 0 Å². The van der Waals surface area contributed by atoms with Gasteiger partial charge in [0.2, 0.25) is 0 Å². The van der Waals surface area contributed by atoms with Gasteiger partial charge in [0, 0.05) is 12.4 Å². The number of aliphatic hydroxyl groups is 3. The quantitative estimate of drug-likeness (QED) is 0.731. The van der Waals surface area contributed by atoms with Crippen LogP contribution in [0, 0.1) is 5.92 Å². The molecule has 1 heterocycles. The van der Waals surface area contributed by atoms with Crippen LogP contribution < -0.4 is 0 Å². The van der Waals surface area contributed by atoms with Gasteiger partial charge < -0.3 is 15.3 Å². The van der Waals surface area contributed by atoms with Gasteiger partial charge >= 0.3 is 0 Å². The molecule has 1 saturated carbocycles. The zero-order chi connectivity index (χ0) is 12.3. The standard InChI is InChI=1S/C13H19NO3/c15-11-6-9(13(17)7-11)3-4-12(16)10-2-1-5-14-8-10/h1-2,5,8-9,11-13,15-17H,3-4,6-7H2/t9-,11-,12?,13-/m1/s1. The summed E-state index contributed by atoms with van der Waals surface area (Å²) < 4.78 is 0. The number of aliphatic hydroxyl groups excluding tert-OH is 3. The van der Waals surface area contributed by atoms with Gasteiger partial charge in [-0.25, -0.2) is 0 Å². The molecule has 0 amide bonds. The molecule has 4 nitrogen and oxygen atoms in total. The van der Waals surface area contributed by atoms with Crippen LogP contribution in [0.1, 0.15) is 37.4 Å². The van der Waals surface area contributed by atoms with Crippen molar-refractivity contribution in [2.24, 2.45) is 5.92 Å². The van der Waals surface area contributed by atoms with Gasteiger partial charge in [0.15, 0.2) is 0 Å². The van der Waals surface area contributed by atoms with Crippen LogP contribution in [0.25, 0.3) is 0 Å². The van der Waals surface area contributed by atoms with Crippen molar-refractivity contribution in [1.82, 2.24) is 4.98 Å². The minimum Gasteiger partial charge on any atom is -0.393 e. The summed E-state index contributed by atoms with van der Waals surface area (Å²) in [5.74, 6) is 0.108. The molecule has 2 rings (SSSR count). The van der Waals surface area contributed by atoms with E-state index in [1.165, 1.54) is 0 Å². The second-order valence-electron chi connectivity index (χ2n) is 4.83. The van der Waals surface area contributed by atoms with Crippen molar-refractivity contribution >= 4 is 0 Å². The third kappa shape index (κ3) is 3.25. The lowest BCUT2D eigenvalue weighted by atomic mass is 9.95. The maximum Gasteiger partial charge on any atom is 0.0805 e. The zero-order valence-electron chi connectivity index (χ0n) is 9.74. The molecule has 0 saturated heterocycles. The Morgan fingerprint density at radius 3 is 2.76 bits per heavy atom. The molecule has 1 unspecified atom stereocenters. The van der Waals surface area contributed by atoms with E-state index in [2.05, 4.69) is 4.98 Å². The first-order valence-electron chi connectivity index (χ1n) is 6.11. The van der Waals surface area contributed by atoms with Crippen molar-refractivity contribution in [2.45, 2.75) is 44.0 Å². The lowest BCUT2D eigenvalue weighted by Gasteiger charge is -2.16. The second-order valence-corrected chi connectivity index (χ2v) is 4.83. The first-order chi connectivity index (χ1) is 8.16. The molecule has 17 heavy (non-hydrogen) atoms. The molecule has 94 valence electrons. The lowest BCUT2D eigenvalue weighted by molar-refractivity contribution is 0.102. The smallest absolute Gasteiger partial charge is 0.0805 e. The second kappa shape index (κ2) is 5.58. The van der Waals surface area contributed by atoms with Crippen LogP contribution in [0.15, 0.2) is 24.5 Å². The van der Waals surface area contributed by atoms with E-state index in [1.54, 1.807) is 18.5 Å². The van der Waals surface area contributed by atoms with Crippen LogP contribution >= 0.6 is 0 Å². The maximum absolute atomic E-state index is 9.95. The van der Waals surface area contributed by atoms with E-state index < -0.39 is 12.2 Å². The molecule has 4 heteroatoms. The number of aromatic nitrogens is 1. The summed E-state index contributed by atoms with van der Waals surface area (Å²) in [7, 11) is 0. The van der Waals surface area contributed by atoms with E-state index >= 15 is 0 Å². The topological polar surface area (TPSA) is 73.6 Å². The molecule has 0 spiro atoms. The summed E-state index contributed by atoms with van der Waals surface area (Å²) in [6.07, 6.45) is 4.42. The van der Waals surface area contributed by atoms with Crippen LogP contribution in [0.5, 0.6) is 0 Å². The zero-order valence-corrected chi connectivity index (χ0v) is 9.74. The minimum absolute atomic E-state index is 0.108. The number of hydrogen-bond donors (Lipinski definition) is 3. The van der Waals surface area contributed by atoms with Gasteiger partial charge in [-0.15, -0.1) is 0 Å². The van der Waals surface area contributed by atoms with Crippen LogP contribution in [-0.2, 0) is 0 Å². The van der Waals surface area contributed by atoms with Crippen molar-refractivity contribution in [3.63, 3.8) is 0 Å². The summed E-state index contributed by atoms with van der Waals surface area (Å²) in [5.41, 5.74) is 0.806. The summed E-state index contributed by atoms with van der Waals surface area (Å²) in [5, 5.41) is 29.1. The molecule has 0 aliphatic heterocycles. The van der Waals surface area contributed by atoms with Crippen molar-refractivity contribution in [1.29, 1.82) is 0 Å². The summed E-state index contributed by atoms with van der Waals surface area (Å²) in [6.45, 7) is 0. The van der Waals surface area contributed by atoms with Gasteiger partial charge in [-0.2, -0.15) is 0 Å². The van der Waals surface area contributed by atoms with Crippen LogP contribution in [0.3, 0.4) is 0 Å². The SMILES string of the molecule is OC(CC[C@@H]1C[C@@H](O)C[C@H]1O)c1cccnc1. The van der Waals surface area contributed by atoms with Crippen molar-refractivity contribution in [3.8, 4) is 0 Å². The molecule has 1 aliphatic carbocycles. The van der Waals surface area contributed by atoms with E-state index in [0.29, 0.717) is 19.3 Å². The Labute approximate surface area is 101 Å². The monoisotopic (exact) mass is 237 g/mol. The fourth-order valence-corrected chi connectivity index (χ4v) is 2.50. The Hall–Kier alpha value is -0.970. The number of rotatable bonds is 4. The molecule has 1 aromatic heterocycles. The first kappa shape index (κ1) is 12.5. The van der Waals surface area contributed by atoms with Gasteiger partial charge in [-0.05, 0) is 43.2 Å². The Bertz CT molecular complexity index is 344. The lowest BCUT2D eigenvalue weighted by Crippen LogP contribution is -2.14. The molecular weight excluding hydrogens is 218 g/mol. The normalized spacial score (nSPS) is 30.4. The van der Waals surface area contributed by atoms with Crippen molar-refractivity contribution in [2.75, 3.05) is 0 Å². The predicted molar refractivity (Wildman–Crippen MR) is 63.2 cm³/mol. The predicted octanol–water partition coefficient (Wildman–Crippen LogP) is 1.03. The van der Waals surface area contributed by atoms with Crippen LogP contribution in [0.2, 0.25) is 0 Å². The van der Waals surface area contributed by atoms with Crippen LogP contribution in [-0.4, -0.2) is 32.5 Å². The van der Waals surface area contributed by atoms with Gasteiger partial charge in [-0.3, -0.25) is 4.98 Å². The minimum atomic E-state index is -0.534. The summed E-state index contributed by atoms with van der Waals surface area (Å²) in [6, 6.07) is 3.64. The summed E-state index contributed by atoms with van der Waals surface area (Å²) in [4.78, 5) is 3.96. The highest BCUT2D eigenvalue weighted by Crippen LogP contribution is 2.32. The van der Waals surface area contributed by atoms with Gasteiger partial charge in [-0.1, -0.05) is 6.07 Å². The summed E-state index contributed by atoms with van der Waals surface area (Å²) >= 11 is 0. The fraction of sp³-hybridized carbons (Fsp3) is 0.615. The molecule has 1 aliphatic rings. The largest absolute Gasteiger partial charge is 0.393 e. The molecule has 1 aromatic rings. The average molecular weight is 237 g/mol. The van der Waals surface area contributed by atoms with Crippen molar-refractivity contribution < 1.29 is 15.3 Å². The maximum atomic E-state index is 9.95. The van der Waals surface area contributed by atoms with Crippen molar-refractivity contribution in [3.05, 3.63) is 30.1 Å². The third-order valence-corrected chi connectivity index (χ3v) is 3.51. The van der Waals surface area contributed by atoms with E-state index in [0.717, 1.165) is 12.0 Å². The molecule has 4 atom stereocenters. The molecular formula is C13H19NO3. The molecule has 3 N–H and O–H groups in total. The molecule has 1 fully saturated rings. The Morgan fingerprint density at radius 1 is 1.35 bits per heavy atom. The van der Waals surface area contributed by atoms with Gasteiger partial charge in [0.1, 0.15) is 0 Å².